The van der Waals surface area contributed by atoms with E-state index in [1.807, 2.05) is 0 Å². The molecule has 70 valence electrons. The summed E-state index contributed by atoms with van der Waals surface area (Å²) < 4.78 is 0. The molecule has 1 amide bonds. The van der Waals surface area contributed by atoms with Crippen LogP contribution in [0.3, 0.4) is 0 Å². The number of hydrogen-bond donors (Lipinski definition) is 1. The van der Waals surface area contributed by atoms with Crippen LogP contribution < -0.4 is 5.73 Å². The highest BCUT2D eigenvalue weighted by Gasteiger charge is 2.15. The number of nitrogens with zero attached hydrogens (tertiary/aromatic N) is 4. The third-order valence-corrected chi connectivity index (χ3v) is 1.36. The summed E-state index contributed by atoms with van der Waals surface area (Å²) in [5, 5.41) is 9.11. The van der Waals surface area contributed by atoms with Crippen LogP contribution in [0.25, 0.3) is 0 Å². The highest BCUT2D eigenvalue weighted by atomic mass is 16.1. The molecule has 0 spiro atoms. The molecule has 0 aromatic carbocycles. The molecule has 6 nitrogen and oxygen atoms in total. The maximum absolute atomic E-state index is 10.8. The minimum absolute atomic E-state index is 0.200. The second-order valence-electron chi connectivity index (χ2n) is 2.71. The fourth-order valence-electron chi connectivity index (χ4n) is 0.832. The molecular formula is C7H11N5O. The zero-order valence-corrected chi connectivity index (χ0v) is 7.56. The molecule has 6 heteroatoms. The minimum atomic E-state index is -0.568. The number of carbonyl (C=O) groups is 1. The SMILES string of the molecule is CN(C)N=NC1=C(C(N)=O)N=CC1. The Hall–Kier alpha value is -1.72. The summed E-state index contributed by atoms with van der Waals surface area (Å²) >= 11 is 0. The van der Waals surface area contributed by atoms with Gasteiger partial charge in [-0.2, -0.15) is 0 Å². The van der Waals surface area contributed by atoms with Crippen molar-refractivity contribution in [1.29, 1.82) is 0 Å². The first-order valence-corrected chi connectivity index (χ1v) is 3.75. The van der Waals surface area contributed by atoms with E-state index in [1.165, 1.54) is 5.01 Å². The van der Waals surface area contributed by atoms with Gasteiger partial charge in [0.25, 0.3) is 5.91 Å². The molecule has 0 bridgehead atoms. The van der Waals surface area contributed by atoms with Gasteiger partial charge in [0, 0.05) is 26.7 Å². The van der Waals surface area contributed by atoms with Gasteiger partial charge >= 0.3 is 0 Å². The Labute approximate surface area is 75.8 Å². The van der Waals surface area contributed by atoms with E-state index in [-0.39, 0.29) is 5.70 Å². The van der Waals surface area contributed by atoms with Crippen molar-refractivity contribution >= 4 is 12.1 Å². The highest BCUT2D eigenvalue weighted by Crippen LogP contribution is 2.16. The number of carbonyl (C=O) groups excluding carboxylic acids is 1. The molecule has 1 rings (SSSR count). The van der Waals surface area contributed by atoms with Crippen molar-refractivity contribution in [3.63, 3.8) is 0 Å². The normalized spacial score (nSPS) is 15.8. The Balaban J connectivity index is 2.80. The van der Waals surface area contributed by atoms with E-state index >= 15 is 0 Å². The minimum Gasteiger partial charge on any atom is -0.364 e. The molecule has 0 aliphatic carbocycles. The molecule has 0 saturated carbocycles. The van der Waals surface area contributed by atoms with Crippen molar-refractivity contribution in [2.75, 3.05) is 14.1 Å². The molecule has 0 radical (unpaired) electrons. The molecular weight excluding hydrogens is 170 g/mol. The number of amides is 1. The number of hydrogen-bond acceptors (Lipinski definition) is 4. The van der Waals surface area contributed by atoms with E-state index in [4.69, 9.17) is 5.73 Å². The molecule has 0 unspecified atom stereocenters. The molecule has 0 saturated heterocycles. The summed E-state index contributed by atoms with van der Waals surface area (Å²) in [5.41, 5.74) is 5.78. The van der Waals surface area contributed by atoms with Crippen molar-refractivity contribution in [3.8, 4) is 0 Å². The summed E-state index contributed by atoms with van der Waals surface area (Å²) in [6.07, 6.45) is 2.10. The van der Waals surface area contributed by atoms with Crippen LogP contribution in [0.2, 0.25) is 0 Å². The van der Waals surface area contributed by atoms with Crippen molar-refractivity contribution in [1.82, 2.24) is 5.01 Å². The zero-order chi connectivity index (χ0) is 9.84. The van der Waals surface area contributed by atoms with Crippen LogP contribution in [0, 0.1) is 0 Å². The summed E-state index contributed by atoms with van der Waals surface area (Å²) in [6.45, 7) is 0. The van der Waals surface area contributed by atoms with E-state index < -0.39 is 5.91 Å². The average Bonchev–Trinajstić information content (AvgIpc) is 2.47. The Kier molecular flexibility index (Phi) is 2.73. The first-order chi connectivity index (χ1) is 6.11. The molecule has 0 atom stereocenters. The molecule has 2 N–H and O–H groups in total. The van der Waals surface area contributed by atoms with Gasteiger partial charge in [-0.1, -0.05) is 5.22 Å². The van der Waals surface area contributed by atoms with Gasteiger partial charge in [0.1, 0.15) is 5.70 Å². The monoisotopic (exact) mass is 181 g/mol. The summed E-state index contributed by atoms with van der Waals surface area (Å²) in [6, 6.07) is 0. The molecule has 1 heterocycles. The van der Waals surface area contributed by atoms with Crippen LogP contribution in [0.4, 0.5) is 0 Å². The first-order valence-electron chi connectivity index (χ1n) is 3.75. The molecule has 1 aliphatic heterocycles. The Morgan fingerprint density at radius 1 is 1.69 bits per heavy atom. The average molecular weight is 181 g/mol. The van der Waals surface area contributed by atoms with Crippen LogP contribution >= 0.6 is 0 Å². The van der Waals surface area contributed by atoms with Gasteiger partial charge in [-0.25, -0.2) is 0 Å². The lowest BCUT2D eigenvalue weighted by Gasteiger charge is -2.00. The first kappa shape index (κ1) is 9.37. The molecule has 0 aromatic heterocycles. The van der Waals surface area contributed by atoms with Crippen LogP contribution in [0.1, 0.15) is 6.42 Å². The quantitative estimate of drug-likeness (QED) is 0.494. The van der Waals surface area contributed by atoms with Crippen LogP contribution in [0.5, 0.6) is 0 Å². The lowest BCUT2D eigenvalue weighted by molar-refractivity contribution is -0.114. The predicted octanol–water partition coefficient (Wildman–Crippen LogP) is 0.0866. The van der Waals surface area contributed by atoms with Gasteiger partial charge in [0.2, 0.25) is 0 Å². The lowest BCUT2D eigenvalue weighted by atomic mass is 10.3. The Bertz CT molecular complexity index is 302. The fourth-order valence-corrected chi connectivity index (χ4v) is 0.832. The number of rotatable bonds is 3. The zero-order valence-electron chi connectivity index (χ0n) is 7.56. The maximum atomic E-state index is 10.8. The summed E-state index contributed by atoms with van der Waals surface area (Å²) in [4.78, 5) is 14.6. The second kappa shape index (κ2) is 3.79. The summed E-state index contributed by atoms with van der Waals surface area (Å²) in [5.74, 6) is -0.568. The number of primary amides is 1. The number of nitrogens with two attached hydrogens (primary N) is 1. The van der Waals surface area contributed by atoms with Gasteiger partial charge < -0.3 is 5.73 Å². The van der Waals surface area contributed by atoms with E-state index in [1.54, 1.807) is 20.3 Å². The van der Waals surface area contributed by atoms with Gasteiger partial charge in [-0.15, -0.1) is 5.11 Å². The lowest BCUT2D eigenvalue weighted by Crippen LogP contribution is -2.12. The van der Waals surface area contributed by atoms with E-state index in [0.29, 0.717) is 12.1 Å². The smallest absolute Gasteiger partial charge is 0.269 e. The molecule has 0 aromatic rings. The van der Waals surface area contributed by atoms with E-state index in [9.17, 15) is 4.79 Å². The summed E-state index contributed by atoms with van der Waals surface area (Å²) in [7, 11) is 3.48. The van der Waals surface area contributed by atoms with Gasteiger partial charge in [0.05, 0.1) is 0 Å². The van der Waals surface area contributed by atoms with Crippen molar-refractivity contribution in [3.05, 3.63) is 11.4 Å². The van der Waals surface area contributed by atoms with Crippen LogP contribution in [-0.4, -0.2) is 31.2 Å². The predicted molar refractivity (Wildman–Crippen MR) is 47.9 cm³/mol. The molecule has 0 fully saturated rings. The Morgan fingerprint density at radius 2 is 2.38 bits per heavy atom. The van der Waals surface area contributed by atoms with E-state index in [2.05, 4.69) is 15.3 Å². The number of aliphatic imine (C=N–C) groups is 1. The number of allylic oxidation sites excluding steroid dienone is 1. The molecule has 1 aliphatic rings. The van der Waals surface area contributed by atoms with Crippen molar-refractivity contribution in [2.45, 2.75) is 6.42 Å². The van der Waals surface area contributed by atoms with Gasteiger partial charge in [0.15, 0.2) is 5.70 Å². The largest absolute Gasteiger partial charge is 0.364 e. The Morgan fingerprint density at radius 3 is 2.92 bits per heavy atom. The van der Waals surface area contributed by atoms with Crippen LogP contribution in [0.15, 0.2) is 26.7 Å². The highest BCUT2D eigenvalue weighted by molar-refractivity contribution is 5.96. The van der Waals surface area contributed by atoms with Crippen molar-refractivity contribution < 1.29 is 4.79 Å². The van der Waals surface area contributed by atoms with Crippen molar-refractivity contribution in [2.24, 2.45) is 21.1 Å². The standard InChI is InChI=1S/C7H11N5O/c1-12(2)11-10-5-3-4-9-6(5)7(8)13/h4H,3H2,1-2H3,(H2,8,13). The third-order valence-electron chi connectivity index (χ3n) is 1.36. The fraction of sp³-hybridized carbons (Fsp3) is 0.429. The van der Waals surface area contributed by atoms with Gasteiger partial charge in [-0.05, 0) is 0 Å². The molecule has 13 heavy (non-hydrogen) atoms. The second-order valence-corrected chi connectivity index (χ2v) is 2.71. The van der Waals surface area contributed by atoms with Gasteiger partial charge in [-0.3, -0.25) is 14.8 Å². The van der Waals surface area contributed by atoms with E-state index in [0.717, 1.165) is 0 Å². The maximum Gasteiger partial charge on any atom is 0.269 e. The topological polar surface area (TPSA) is 83.4 Å². The third kappa shape index (κ3) is 2.36. The van der Waals surface area contributed by atoms with Crippen LogP contribution in [-0.2, 0) is 4.79 Å².